The van der Waals surface area contributed by atoms with E-state index in [9.17, 15) is 0 Å². The van der Waals surface area contributed by atoms with E-state index >= 15 is 0 Å². The first kappa shape index (κ1) is 11.8. The maximum absolute atomic E-state index is 5.60. The molecule has 5 nitrogen and oxygen atoms in total. The standard InChI is InChI=1S/C10H21N5/c1-6-3-7(2)5-8(4-6)14-10(13)15-9(11)12/h6-8H,3-5H2,1-2H3,(H6,11,12,13,14,15). The molecule has 1 saturated carbocycles. The lowest BCUT2D eigenvalue weighted by Crippen LogP contribution is -2.28. The summed E-state index contributed by atoms with van der Waals surface area (Å²) in [7, 11) is 0. The van der Waals surface area contributed by atoms with Crippen molar-refractivity contribution < 1.29 is 0 Å². The Balaban J connectivity index is 2.60. The predicted molar refractivity (Wildman–Crippen MR) is 63.4 cm³/mol. The molecule has 2 unspecified atom stereocenters. The summed E-state index contributed by atoms with van der Waals surface area (Å²) >= 11 is 0. The Hall–Kier alpha value is -1.26. The van der Waals surface area contributed by atoms with Crippen LogP contribution in [0.4, 0.5) is 0 Å². The van der Waals surface area contributed by atoms with E-state index < -0.39 is 0 Å². The largest absolute Gasteiger partial charge is 0.370 e. The topological polar surface area (TPSA) is 103 Å². The van der Waals surface area contributed by atoms with Crippen molar-refractivity contribution in [1.82, 2.24) is 0 Å². The molecule has 0 spiro atoms. The molecule has 6 N–H and O–H groups in total. The molecule has 0 bridgehead atoms. The van der Waals surface area contributed by atoms with Gasteiger partial charge in [0.25, 0.3) is 0 Å². The van der Waals surface area contributed by atoms with E-state index in [0.717, 1.165) is 12.8 Å². The molecule has 0 aromatic carbocycles. The molecule has 0 radical (unpaired) electrons. The van der Waals surface area contributed by atoms with Crippen LogP contribution < -0.4 is 17.2 Å². The molecule has 1 fully saturated rings. The molecular formula is C10H21N5. The average molecular weight is 211 g/mol. The Morgan fingerprint density at radius 2 is 1.53 bits per heavy atom. The molecule has 0 aromatic heterocycles. The van der Waals surface area contributed by atoms with Crippen LogP contribution in [0.25, 0.3) is 0 Å². The summed E-state index contributed by atoms with van der Waals surface area (Å²) in [5.41, 5.74) is 16.0. The molecule has 0 heterocycles. The smallest absolute Gasteiger partial charge is 0.218 e. The van der Waals surface area contributed by atoms with Gasteiger partial charge < -0.3 is 17.2 Å². The van der Waals surface area contributed by atoms with Crippen LogP contribution in [0.5, 0.6) is 0 Å². The Kier molecular flexibility index (Phi) is 3.94. The van der Waals surface area contributed by atoms with E-state index in [1.54, 1.807) is 0 Å². The van der Waals surface area contributed by atoms with Crippen molar-refractivity contribution in [3.63, 3.8) is 0 Å². The zero-order valence-electron chi connectivity index (χ0n) is 9.48. The summed E-state index contributed by atoms with van der Waals surface area (Å²) in [5, 5.41) is 0. The Labute approximate surface area is 90.8 Å². The first-order valence-electron chi connectivity index (χ1n) is 5.40. The van der Waals surface area contributed by atoms with Crippen LogP contribution in [-0.4, -0.2) is 18.0 Å². The maximum atomic E-state index is 5.60. The van der Waals surface area contributed by atoms with Crippen molar-refractivity contribution >= 4 is 11.9 Å². The van der Waals surface area contributed by atoms with Crippen LogP contribution in [0.3, 0.4) is 0 Å². The van der Waals surface area contributed by atoms with E-state index in [1.165, 1.54) is 6.42 Å². The maximum Gasteiger partial charge on any atom is 0.218 e. The van der Waals surface area contributed by atoms with Gasteiger partial charge >= 0.3 is 0 Å². The molecule has 0 aliphatic heterocycles. The molecule has 0 amide bonds. The van der Waals surface area contributed by atoms with Crippen LogP contribution >= 0.6 is 0 Å². The monoisotopic (exact) mass is 211 g/mol. The SMILES string of the molecule is CC1CC(C)CC(N=C(N)N=C(N)N)C1. The highest BCUT2D eigenvalue weighted by Gasteiger charge is 2.23. The van der Waals surface area contributed by atoms with Crippen molar-refractivity contribution in [2.75, 3.05) is 0 Å². The number of rotatable bonds is 1. The summed E-state index contributed by atoms with van der Waals surface area (Å²) in [4.78, 5) is 8.05. The van der Waals surface area contributed by atoms with Gasteiger partial charge in [0.1, 0.15) is 0 Å². The quantitative estimate of drug-likeness (QED) is 0.432. The fraction of sp³-hybridized carbons (Fsp3) is 0.800. The van der Waals surface area contributed by atoms with Gasteiger partial charge in [-0.3, -0.25) is 0 Å². The zero-order chi connectivity index (χ0) is 11.4. The minimum Gasteiger partial charge on any atom is -0.370 e. The Bertz CT molecular complexity index is 257. The van der Waals surface area contributed by atoms with Crippen molar-refractivity contribution in [1.29, 1.82) is 0 Å². The fourth-order valence-corrected chi connectivity index (χ4v) is 2.36. The normalized spacial score (nSPS) is 32.4. The van der Waals surface area contributed by atoms with Gasteiger partial charge in [0.15, 0.2) is 5.96 Å². The van der Waals surface area contributed by atoms with Gasteiger partial charge in [0.05, 0.1) is 6.04 Å². The number of hydrogen-bond donors (Lipinski definition) is 3. The molecule has 2 atom stereocenters. The highest BCUT2D eigenvalue weighted by atomic mass is 15.1. The van der Waals surface area contributed by atoms with Crippen molar-refractivity contribution in [2.45, 2.75) is 39.2 Å². The minimum absolute atomic E-state index is 0.0341. The Morgan fingerprint density at radius 3 is 2.00 bits per heavy atom. The number of aliphatic imine (C=N–C) groups is 2. The Morgan fingerprint density at radius 1 is 1.00 bits per heavy atom. The summed E-state index contributed by atoms with van der Waals surface area (Å²) in [6.07, 6.45) is 3.42. The number of nitrogens with two attached hydrogens (primary N) is 3. The van der Waals surface area contributed by atoms with Crippen LogP contribution in [0, 0.1) is 11.8 Å². The summed E-state index contributed by atoms with van der Waals surface area (Å²) in [6.45, 7) is 4.49. The highest BCUT2D eigenvalue weighted by molar-refractivity contribution is 5.92. The number of hydrogen-bond acceptors (Lipinski definition) is 1. The summed E-state index contributed by atoms with van der Waals surface area (Å²) in [5.74, 6) is 1.57. The number of nitrogens with zero attached hydrogens (tertiary/aromatic N) is 2. The van der Waals surface area contributed by atoms with Crippen LogP contribution in [0.2, 0.25) is 0 Å². The van der Waals surface area contributed by atoms with Gasteiger partial charge in [0, 0.05) is 0 Å². The molecule has 1 rings (SSSR count). The van der Waals surface area contributed by atoms with Gasteiger partial charge in [-0.15, -0.1) is 0 Å². The van der Waals surface area contributed by atoms with E-state index in [0.29, 0.717) is 11.8 Å². The molecule has 1 aliphatic rings. The van der Waals surface area contributed by atoms with Crippen LogP contribution in [0.1, 0.15) is 33.1 Å². The molecule has 1 aliphatic carbocycles. The third-order valence-electron chi connectivity index (χ3n) is 2.71. The van der Waals surface area contributed by atoms with Crippen LogP contribution in [0.15, 0.2) is 9.98 Å². The fourth-order valence-electron chi connectivity index (χ4n) is 2.36. The van der Waals surface area contributed by atoms with Crippen LogP contribution in [-0.2, 0) is 0 Å². The second kappa shape index (κ2) is 5.00. The lowest BCUT2D eigenvalue weighted by molar-refractivity contribution is 0.270. The third-order valence-corrected chi connectivity index (χ3v) is 2.71. The van der Waals surface area contributed by atoms with Gasteiger partial charge in [0.2, 0.25) is 5.96 Å². The second-order valence-corrected chi connectivity index (χ2v) is 4.60. The summed E-state index contributed by atoms with van der Waals surface area (Å²) in [6, 6.07) is 0.270. The average Bonchev–Trinajstić information content (AvgIpc) is 1.98. The van der Waals surface area contributed by atoms with E-state index in [2.05, 4.69) is 23.8 Å². The molecule has 0 saturated heterocycles. The molecule has 86 valence electrons. The first-order chi connectivity index (χ1) is 6.97. The van der Waals surface area contributed by atoms with Gasteiger partial charge in [-0.1, -0.05) is 13.8 Å². The molecule has 0 aromatic rings. The number of guanidine groups is 2. The first-order valence-corrected chi connectivity index (χ1v) is 5.40. The lowest BCUT2D eigenvalue weighted by Gasteiger charge is -2.28. The van der Waals surface area contributed by atoms with Crippen molar-refractivity contribution in [3.05, 3.63) is 0 Å². The van der Waals surface area contributed by atoms with Gasteiger partial charge in [-0.2, -0.15) is 4.99 Å². The zero-order valence-corrected chi connectivity index (χ0v) is 9.48. The highest BCUT2D eigenvalue weighted by Crippen LogP contribution is 2.30. The third kappa shape index (κ3) is 4.18. The van der Waals surface area contributed by atoms with Crippen molar-refractivity contribution in [3.8, 4) is 0 Å². The van der Waals surface area contributed by atoms with Gasteiger partial charge in [-0.25, -0.2) is 4.99 Å². The lowest BCUT2D eigenvalue weighted by atomic mass is 9.81. The predicted octanol–water partition coefficient (Wildman–Crippen LogP) is 0.399. The second-order valence-electron chi connectivity index (χ2n) is 4.60. The van der Waals surface area contributed by atoms with Crippen molar-refractivity contribution in [2.24, 2.45) is 39.0 Å². The van der Waals surface area contributed by atoms with E-state index in [1.807, 2.05) is 0 Å². The molecular weight excluding hydrogens is 190 g/mol. The molecule has 15 heavy (non-hydrogen) atoms. The van der Waals surface area contributed by atoms with E-state index in [4.69, 9.17) is 17.2 Å². The van der Waals surface area contributed by atoms with E-state index in [-0.39, 0.29) is 18.0 Å². The molecule has 5 heteroatoms. The van der Waals surface area contributed by atoms with Gasteiger partial charge in [-0.05, 0) is 31.1 Å². The minimum atomic E-state index is -0.0341. The summed E-state index contributed by atoms with van der Waals surface area (Å²) < 4.78 is 0.